The number of halogens is 3. The number of amides is 3. The van der Waals surface area contributed by atoms with Crippen LogP contribution in [0.25, 0.3) is 11.1 Å². The predicted molar refractivity (Wildman–Crippen MR) is 156 cm³/mol. The molecular weight excluding hydrogens is 601 g/mol. The molecule has 0 unspecified atom stereocenters. The maximum Gasteiger partial charge on any atom is 0.412 e. The summed E-state index contributed by atoms with van der Waals surface area (Å²) in [6.07, 6.45) is -0.949. The number of nitrogens with two attached hydrogens (primary N) is 1. The number of anilines is 1. The van der Waals surface area contributed by atoms with Crippen molar-refractivity contribution in [3.63, 3.8) is 0 Å². The summed E-state index contributed by atoms with van der Waals surface area (Å²) >= 11 is 16.7. The fraction of sp³-hybridized carbons (Fsp3) is 0.192. The number of alkyl halides is 3. The van der Waals surface area contributed by atoms with Gasteiger partial charge in [-0.05, 0) is 42.3 Å². The Labute approximate surface area is 246 Å². The standard InChI is InChI=1S/C26H26Cl3N5O5S/c1-2-34(15-17-6-5-7-19(14-17)23(30)33-25(36)39-16-26(27,28)29)24(35)32-20-12-10-18(11-13-20)21-8-3-4-9-22(21)40(31,37)38/h3-14H,2,15-16H2,1H3,(H,32,35)(H2,30,33,36)(H2,31,37,38). The van der Waals surface area contributed by atoms with Crippen LogP contribution >= 0.6 is 34.8 Å². The van der Waals surface area contributed by atoms with E-state index < -0.39 is 26.5 Å². The highest BCUT2D eigenvalue weighted by atomic mass is 35.6. The Morgan fingerprint density at radius 2 is 1.70 bits per heavy atom. The van der Waals surface area contributed by atoms with Crippen LogP contribution in [0.4, 0.5) is 15.3 Å². The molecule has 0 aromatic heterocycles. The highest BCUT2D eigenvalue weighted by molar-refractivity contribution is 7.89. The number of nitrogens with one attached hydrogen (secondary N) is 3. The minimum Gasteiger partial charge on any atom is -0.445 e. The van der Waals surface area contributed by atoms with Gasteiger partial charge in [-0.15, -0.1) is 0 Å². The second-order valence-corrected chi connectivity index (χ2v) is 12.5. The summed E-state index contributed by atoms with van der Waals surface area (Å²) in [6.45, 7) is 1.94. The molecule has 0 heterocycles. The van der Waals surface area contributed by atoms with E-state index in [1.807, 2.05) is 6.92 Å². The summed E-state index contributed by atoms with van der Waals surface area (Å²) in [4.78, 5) is 26.4. The average Bonchev–Trinajstić information content (AvgIpc) is 2.90. The number of alkyl carbamates (subject to hydrolysis) is 1. The van der Waals surface area contributed by atoms with E-state index in [9.17, 15) is 18.0 Å². The van der Waals surface area contributed by atoms with Crippen LogP contribution in [0, 0.1) is 5.41 Å². The molecule has 3 aromatic rings. The number of carbonyl (C=O) groups is 2. The van der Waals surface area contributed by atoms with Crippen LogP contribution in [-0.2, 0) is 21.3 Å². The molecule has 0 bridgehead atoms. The highest BCUT2D eigenvalue weighted by Crippen LogP contribution is 2.28. The van der Waals surface area contributed by atoms with E-state index in [4.69, 9.17) is 50.1 Å². The minimum atomic E-state index is -3.91. The van der Waals surface area contributed by atoms with Gasteiger partial charge in [0.1, 0.15) is 12.4 Å². The molecule has 3 rings (SSSR count). The van der Waals surface area contributed by atoms with E-state index >= 15 is 0 Å². The summed E-state index contributed by atoms with van der Waals surface area (Å²) in [5, 5.41) is 18.6. The molecule has 0 aliphatic heterocycles. The first kappa shape index (κ1) is 31.2. The summed E-state index contributed by atoms with van der Waals surface area (Å²) in [7, 11) is -3.91. The molecule has 10 nitrogen and oxygen atoms in total. The van der Waals surface area contributed by atoms with E-state index in [2.05, 4.69) is 10.6 Å². The molecule has 0 spiro atoms. The molecule has 0 radical (unpaired) electrons. The van der Waals surface area contributed by atoms with Crippen LogP contribution in [0.15, 0.2) is 77.7 Å². The van der Waals surface area contributed by atoms with Crippen LogP contribution < -0.4 is 15.8 Å². The van der Waals surface area contributed by atoms with Crippen molar-refractivity contribution < 1.29 is 22.7 Å². The van der Waals surface area contributed by atoms with Crippen LogP contribution in [0.5, 0.6) is 0 Å². The first-order valence-electron chi connectivity index (χ1n) is 11.7. The van der Waals surface area contributed by atoms with Gasteiger partial charge < -0.3 is 15.0 Å². The van der Waals surface area contributed by atoms with Gasteiger partial charge >= 0.3 is 12.1 Å². The lowest BCUT2D eigenvalue weighted by atomic mass is 10.1. The van der Waals surface area contributed by atoms with Gasteiger partial charge in [0.25, 0.3) is 0 Å². The van der Waals surface area contributed by atoms with Crippen molar-refractivity contribution in [1.82, 2.24) is 10.2 Å². The largest absolute Gasteiger partial charge is 0.445 e. The topological polar surface area (TPSA) is 155 Å². The van der Waals surface area contributed by atoms with E-state index in [1.165, 1.54) is 6.07 Å². The summed E-state index contributed by atoms with van der Waals surface area (Å²) < 4.78 is 26.9. The quantitative estimate of drug-likeness (QED) is 0.148. The molecule has 0 fully saturated rings. The van der Waals surface area contributed by atoms with Crippen molar-refractivity contribution in [1.29, 1.82) is 5.41 Å². The molecule has 14 heteroatoms. The van der Waals surface area contributed by atoms with Gasteiger partial charge in [-0.25, -0.2) is 23.1 Å². The molecule has 0 aliphatic rings. The number of hydrogen-bond donors (Lipinski definition) is 4. The number of urea groups is 1. The third-order valence-electron chi connectivity index (χ3n) is 5.49. The molecule has 40 heavy (non-hydrogen) atoms. The van der Waals surface area contributed by atoms with Crippen molar-refractivity contribution in [3.8, 4) is 11.1 Å². The molecule has 0 saturated carbocycles. The van der Waals surface area contributed by atoms with Crippen molar-refractivity contribution in [2.24, 2.45) is 5.14 Å². The molecule has 0 saturated heterocycles. The number of nitrogens with zero attached hydrogens (tertiary/aromatic N) is 1. The Hall–Kier alpha value is -3.35. The monoisotopic (exact) mass is 625 g/mol. The average molecular weight is 627 g/mol. The second kappa shape index (κ2) is 13.3. The Morgan fingerprint density at radius 1 is 1.02 bits per heavy atom. The predicted octanol–water partition coefficient (Wildman–Crippen LogP) is 5.48. The van der Waals surface area contributed by atoms with Gasteiger partial charge in [0.2, 0.25) is 13.8 Å². The van der Waals surface area contributed by atoms with E-state index in [0.717, 1.165) is 0 Å². The number of rotatable bonds is 8. The SMILES string of the molecule is CCN(Cc1cccc(C(=N)NC(=O)OCC(Cl)(Cl)Cl)c1)C(=O)Nc1ccc(-c2ccccc2S(N)(=O)=O)cc1. The Balaban J connectivity index is 1.65. The van der Waals surface area contributed by atoms with E-state index in [0.29, 0.717) is 34.5 Å². The summed E-state index contributed by atoms with van der Waals surface area (Å²) in [6, 6.07) is 19.5. The molecule has 212 valence electrons. The fourth-order valence-corrected chi connectivity index (χ4v) is 4.54. The van der Waals surface area contributed by atoms with Crippen molar-refractivity contribution in [2.75, 3.05) is 18.5 Å². The number of carbonyl (C=O) groups excluding carboxylic acids is 2. The third-order valence-corrected chi connectivity index (χ3v) is 6.79. The first-order chi connectivity index (χ1) is 18.8. The summed E-state index contributed by atoms with van der Waals surface area (Å²) in [5.74, 6) is -0.229. The maximum atomic E-state index is 13.0. The van der Waals surface area contributed by atoms with Crippen LogP contribution in [0.1, 0.15) is 18.1 Å². The van der Waals surface area contributed by atoms with Gasteiger partial charge in [0, 0.05) is 29.9 Å². The second-order valence-electron chi connectivity index (χ2n) is 8.45. The van der Waals surface area contributed by atoms with Crippen LogP contribution in [0.3, 0.4) is 0 Å². The molecule has 3 aromatic carbocycles. The van der Waals surface area contributed by atoms with E-state index in [-0.39, 0.29) is 23.3 Å². The molecule has 5 N–H and O–H groups in total. The molecule has 3 amide bonds. The van der Waals surface area contributed by atoms with Gasteiger partial charge in [-0.3, -0.25) is 10.7 Å². The Morgan fingerprint density at radius 3 is 2.33 bits per heavy atom. The zero-order valence-corrected chi connectivity index (χ0v) is 24.2. The van der Waals surface area contributed by atoms with Crippen molar-refractivity contribution in [3.05, 3.63) is 83.9 Å². The van der Waals surface area contributed by atoms with Crippen LogP contribution in [-0.4, -0.2) is 48.2 Å². The maximum absolute atomic E-state index is 13.0. The Bertz CT molecular complexity index is 1500. The highest BCUT2D eigenvalue weighted by Gasteiger charge is 2.23. The number of sulfonamides is 1. The number of benzene rings is 3. The lowest BCUT2D eigenvalue weighted by molar-refractivity contribution is 0.154. The van der Waals surface area contributed by atoms with Gasteiger partial charge in [0.05, 0.1) is 4.90 Å². The number of amidine groups is 1. The lowest BCUT2D eigenvalue weighted by Gasteiger charge is -2.22. The van der Waals surface area contributed by atoms with Gasteiger partial charge in [0.15, 0.2) is 0 Å². The number of hydrogen-bond acceptors (Lipinski definition) is 6. The zero-order chi connectivity index (χ0) is 29.5. The molecular formula is C26H26Cl3N5O5S. The molecule has 0 aliphatic carbocycles. The minimum absolute atomic E-state index is 0.00848. The Kier molecular flexibility index (Phi) is 10.4. The zero-order valence-electron chi connectivity index (χ0n) is 21.2. The lowest BCUT2D eigenvalue weighted by Crippen LogP contribution is -2.34. The fourth-order valence-electron chi connectivity index (χ4n) is 3.62. The third kappa shape index (κ3) is 9.10. The first-order valence-corrected chi connectivity index (χ1v) is 14.4. The van der Waals surface area contributed by atoms with Crippen LogP contribution in [0.2, 0.25) is 0 Å². The van der Waals surface area contributed by atoms with Crippen molar-refractivity contribution in [2.45, 2.75) is 22.2 Å². The number of primary sulfonamides is 1. The smallest absolute Gasteiger partial charge is 0.412 e. The normalized spacial score (nSPS) is 11.4. The van der Waals surface area contributed by atoms with Gasteiger partial charge in [-0.2, -0.15) is 0 Å². The summed E-state index contributed by atoms with van der Waals surface area (Å²) in [5.41, 5.74) is 2.68. The van der Waals surface area contributed by atoms with E-state index in [1.54, 1.807) is 71.6 Å². The molecule has 0 atom stereocenters. The number of ether oxygens (including phenoxy) is 1. The van der Waals surface area contributed by atoms with Crippen molar-refractivity contribution >= 4 is 68.5 Å². The van der Waals surface area contributed by atoms with Gasteiger partial charge in [-0.1, -0.05) is 83.3 Å².